The van der Waals surface area contributed by atoms with Crippen molar-refractivity contribution in [3.8, 4) is 5.75 Å². The number of carbonyl (C=O) groups excluding carboxylic acids is 1. The lowest BCUT2D eigenvalue weighted by Gasteiger charge is -2.32. The summed E-state index contributed by atoms with van der Waals surface area (Å²) in [5.41, 5.74) is 3.38. The number of hydrogen-bond donors (Lipinski definition) is 0. The Kier molecular flexibility index (Phi) is 8.21. The molecule has 0 unspecified atom stereocenters. The molecule has 33 heavy (non-hydrogen) atoms. The number of carbonyl (C=O) groups is 1. The van der Waals surface area contributed by atoms with E-state index in [2.05, 4.69) is 45.8 Å². The van der Waals surface area contributed by atoms with E-state index >= 15 is 0 Å². The largest absolute Gasteiger partial charge is 0.497 e. The fourth-order valence-corrected chi connectivity index (χ4v) is 5.65. The number of benzene rings is 2. The lowest BCUT2D eigenvalue weighted by Crippen LogP contribution is -2.38. The summed E-state index contributed by atoms with van der Waals surface area (Å²) in [6.07, 6.45) is 4.06. The molecule has 1 saturated heterocycles. The first kappa shape index (κ1) is 23.6. The van der Waals surface area contributed by atoms with Crippen LogP contribution in [0, 0.1) is 5.92 Å². The van der Waals surface area contributed by atoms with Crippen molar-refractivity contribution in [2.45, 2.75) is 37.1 Å². The maximum atomic E-state index is 13.0. The predicted molar refractivity (Wildman–Crippen MR) is 133 cm³/mol. The summed E-state index contributed by atoms with van der Waals surface area (Å²) in [4.78, 5) is 22.3. The Morgan fingerprint density at radius 1 is 1.18 bits per heavy atom. The van der Waals surface area contributed by atoms with Crippen molar-refractivity contribution in [1.82, 2.24) is 9.80 Å². The van der Waals surface area contributed by atoms with Gasteiger partial charge >= 0.3 is 0 Å². The number of thioether (sulfide) groups is 1. The third-order valence-corrected chi connectivity index (χ3v) is 7.69. The number of likely N-dealkylation sites (tertiary alicyclic amines) is 1. The van der Waals surface area contributed by atoms with Crippen molar-refractivity contribution in [2.75, 3.05) is 39.0 Å². The Morgan fingerprint density at radius 3 is 2.70 bits per heavy atom. The molecule has 1 fully saturated rings. The van der Waals surface area contributed by atoms with Crippen molar-refractivity contribution < 1.29 is 14.3 Å². The minimum Gasteiger partial charge on any atom is -0.497 e. The number of piperidine rings is 1. The molecule has 4 rings (SSSR count). The van der Waals surface area contributed by atoms with Crippen LogP contribution in [0.2, 0.25) is 0 Å². The molecule has 7 heteroatoms. The average Bonchev–Trinajstić information content (AvgIpc) is 3.07. The molecule has 0 saturated carbocycles. The first-order valence-electron chi connectivity index (χ1n) is 11.7. The van der Waals surface area contributed by atoms with Crippen LogP contribution in [0.15, 0.2) is 52.5 Å². The van der Waals surface area contributed by atoms with Crippen molar-refractivity contribution in [2.24, 2.45) is 11.0 Å². The van der Waals surface area contributed by atoms with E-state index in [1.165, 1.54) is 28.9 Å². The van der Waals surface area contributed by atoms with Gasteiger partial charge in [0, 0.05) is 41.5 Å². The Hall–Kier alpha value is -2.60. The molecule has 0 aromatic heterocycles. The normalized spacial score (nSPS) is 17.1. The van der Waals surface area contributed by atoms with Gasteiger partial charge in [0.15, 0.2) is 0 Å². The van der Waals surface area contributed by atoms with Crippen LogP contribution in [-0.4, -0.2) is 66.3 Å². The van der Waals surface area contributed by atoms with E-state index in [0.29, 0.717) is 18.9 Å². The van der Waals surface area contributed by atoms with Crippen LogP contribution in [0.25, 0.3) is 0 Å². The molecule has 174 valence electrons. The minimum atomic E-state index is 0.257. The lowest BCUT2D eigenvalue weighted by atomic mass is 9.90. The molecular weight excluding hydrogens is 432 g/mol. The van der Waals surface area contributed by atoms with Crippen molar-refractivity contribution in [3.63, 3.8) is 0 Å². The third-order valence-electron chi connectivity index (χ3n) is 6.60. The highest BCUT2D eigenvalue weighted by molar-refractivity contribution is 7.99. The Labute approximate surface area is 200 Å². The van der Waals surface area contributed by atoms with Gasteiger partial charge in [-0.2, -0.15) is 0 Å². The number of amides is 1. The summed E-state index contributed by atoms with van der Waals surface area (Å²) in [5.74, 6) is 2.75. The standard InChI is InChI=1S/C26H33N4O2S/c1-27-28-23-5-3-20(4-6-23)17-21-9-12-29(13-10-21)14-11-26(31)30-15-16-33-25-8-7-24(32-2)18-22(25)19-30/h3-8,18,21H,1,9-17,19H2,2H3/q+1. The van der Waals surface area contributed by atoms with E-state index in [1.807, 2.05) is 34.9 Å². The summed E-state index contributed by atoms with van der Waals surface area (Å²) < 4.78 is 5.38. The molecule has 0 atom stereocenters. The van der Waals surface area contributed by atoms with Gasteiger partial charge in [-0.15, -0.1) is 11.8 Å². The van der Waals surface area contributed by atoms with E-state index in [9.17, 15) is 4.79 Å². The number of ether oxygens (including phenoxy) is 1. The first-order chi connectivity index (χ1) is 16.1. The maximum absolute atomic E-state index is 13.0. The van der Waals surface area contributed by atoms with Gasteiger partial charge in [-0.3, -0.25) is 4.79 Å². The fraction of sp³-hybridized carbons (Fsp3) is 0.462. The van der Waals surface area contributed by atoms with E-state index in [-0.39, 0.29) is 5.91 Å². The summed E-state index contributed by atoms with van der Waals surface area (Å²) >= 11 is 1.83. The van der Waals surface area contributed by atoms with Gasteiger partial charge in [-0.1, -0.05) is 12.1 Å². The van der Waals surface area contributed by atoms with Crippen LogP contribution < -0.4 is 4.74 Å². The summed E-state index contributed by atoms with van der Waals surface area (Å²) in [6, 6.07) is 14.5. The fourth-order valence-electron chi connectivity index (χ4n) is 4.65. The van der Waals surface area contributed by atoms with Gasteiger partial charge < -0.3 is 14.5 Å². The third kappa shape index (κ3) is 6.47. The van der Waals surface area contributed by atoms with Crippen LogP contribution in [0.4, 0.5) is 5.69 Å². The van der Waals surface area contributed by atoms with E-state index < -0.39 is 0 Å². The minimum absolute atomic E-state index is 0.257. The number of rotatable bonds is 7. The molecule has 2 aliphatic heterocycles. The number of fused-ring (bicyclic) bond motifs is 1. The quantitative estimate of drug-likeness (QED) is 0.344. The highest BCUT2D eigenvalue weighted by atomic mass is 32.2. The Balaban J connectivity index is 1.22. The van der Waals surface area contributed by atoms with Gasteiger partial charge in [0.05, 0.1) is 7.11 Å². The van der Waals surface area contributed by atoms with Crippen LogP contribution in [0.5, 0.6) is 5.75 Å². The molecule has 2 aliphatic rings. The van der Waals surface area contributed by atoms with Crippen LogP contribution in [0.1, 0.15) is 30.4 Å². The Bertz CT molecular complexity index is 996. The van der Waals surface area contributed by atoms with Gasteiger partial charge in [-0.05, 0) is 79.7 Å². The second kappa shape index (κ2) is 11.5. The summed E-state index contributed by atoms with van der Waals surface area (Å²) in [6.45, 7) is 7.87. The molecule has 0 bridgehead atoms. The molecule has 2 aromatic carbocycles. The number of nitrogens with zero attached hydrogens (tertiary/aromatic N) is 4. The first-order valence-corrected chi connectivity index (χ1v) is 12.7. The van der Waals surface area contributed by atoms with E-state index in [1.54, 1.807) is 7.11 Å². The van der Waals surface area contributed by atoms with E-state index in [4.69, 9.17) is 4.74 Å². The van der Waals surface area contributed by atoms with Crippen molar-refractivity contribution in [1.29, 1.82) is 0 Å². The van der Waals surface area contributed by atoms with Crippen molar-refractivity contribution >= 4 is 30.1 Å². The van der Waals surface area contributed by atoms with Crippen LogP contribution >= 0.6 is 11.8 Å². The van der Waals surface area contributed by atoms with Crippen molar-refractivity contribution in [3.05, 3.63) is 53.6 Å². The number of methoxy groups -OCH3 is 1. The molecule has 6 nitrogen and oxygen atoms in total. The summed E-state index contributed by atoms with van der Waals surface area (Å²) in [5, 5.41) is 3.97. The van der Waals surface area contributed by atoms with Gasteiger partial charge in [0.2, 0.25) is 5.91 Å². The second-order valence-electron chi connectivity index (χ2n) is 8.78. The van der Waals surface area contributed by atoms with Crippen LogP contribution in [-0.2, 0) is 17.8 Å². The maximum Gasteiger partial charge on any atom is 0.296 e. The smallest absolute Gasteiger partial charge is 0.296 e. The lowest BCUT2D eigenvalue weighted by molar-refractivity contribution is -0.132. The zero-order valence-electron chi connectivity index (χ0n) is 19.4. The zero-order valence-corrected chi connectivity index (χ0v) is 20.2. The van der Waals surface area contributed by atoms with Gasteiger partial charge in [-0.25, -0.2) is 0 Å². The average molecular weight is 466 g/mol. The zero-order chi connectivity index (χ0) is 23.0. The molecular formula is C26H33N4O2S+. The highest BCUT2D eigenvalue weighted by Gasteiger charge is 2.23. The molecule has 0 radical (unpaired) electrons. The number of hydrogen-bond acceptors (Lipinski definition) is 5. The Morgan fingerprint density at radius 2 is 1.97 bits per heavy atom. The molecule has 1 amide bonds. The highest BCUT2D eigenvalue weighted by Crippen LogP contribution is 2.31. The van der Waals surface area contributed by atoms with E-state index in [0.717, 1.165) is 49.8 Å². The predicted octanol–water partition coefficient (Wildman–Crippen LogP) is 4.47. The van der Waals surface area contributed by atoms with Gasteiger partial charge in [0.1, 0.15) is 16.6 Å². The van der Waals surface area contributed by atoms with Crippen LogP contribution in [0.3, 0.4) is 0 Å². The molecule has 0 aliphatic carbocycles. The second-order valence-corrected chi connectivity index (χ2v) is 9.92. The molecule has 2 heterocycles. The molecule has 0 spiro atoms. The SMILES string of the molecule is C=[N+]=Nc1ccc(CC2CCN(CCC(=O)N3CCSc4ccc(OC)cc4C3)CC2)cc1. The molecule has 0 N–H and O–H groups in total. The molecule has 2 aromatic rings. The topological polar surface area (TPSA) is 59.2 Å². The van der Waals surface area contributed by atoms with Gasteiger partial charge in [0.25, 0.3) is 6.72 Å². The summed E-state index contributed by atoms with van der Waals surface area (Å²) in [7, 11) is 1.69. The monoisotopic (exact) mass is 465 g/mol.